The van der Waals surface area contributed by atoms with E-state index in [1.807, 2.05) is 0 Å². The number of fused-ring (bicyclic) bond motifs is 2. The number of sulfonamides is 1. The zero-order chi connectivity index (χ0) is 27.0. The Morgan fingerprint density at radius 1 is 0.947 bits per heavy atom. The van der Waals surface area contributed by atoms with Crippen molar-refractivity contribution >= 4 is 54.4 Å². The Labute approximate surface area is 223 Å². The van der Waals surface area contributed by atoms with E-state index in [4.69, 9.17) is 0 Å². The van der Waals surface area contributed by atoms with Gasteiger partial charge in [-0.05, 0) is 35.9 Å². The minimum Gasteiger partial charge on any atom is -0.300 e. The van der Waals surface area contributed by atoms with Crippen molar-refractivity contribution in [2.45, 2.75) is 24.8 Å². The van der Waals surface area contributed by atoms with Gasteiger partial charge in [0.25, 0.3) is 17.7 Å². The number of imide groups is 1. The van der Waals surface area contributed by atoms with Gasteiger partial charge in [0.1, 0.15) is 6.04 Å². The molecule has 3 aromatic carbocycles. The lowest BCUT2D eigenvalue weighted by atomic mass is 10.0. The van der Waals surface area contributed by atoms with E-state index in [9.17, 15) is 22.8 Å². The summed E-state index contributed by atoms with van der Waals surface area (Å²) in [7, 11) is -3.66. The molecule has 1 N–H and O–H groups in total. The van der Waals surface area contributed by atoms with E-state index in [0.29, 0.717) is 28.9 Å². The number of rotatable bonds is 8. The zero-order valence-electron chi connectivity index (χ0n) is 20.6. The van der Waals surface area contributed by atoms with Crippen LogP contribution >= 0.6 is 11.3 Å². The highest BCUT2D eigenvalue weighted by atomic mass is 32.2. The zero-order valence-corrected chi connectivity index (χ0v) is 22.3. The number of amides is 3. The van der Waals surface area contributed by atoms with Gasteiger partial charge in [0, 0.05) is 13.1 Å². The summed E-state index contributed by atoms with van der Waals surface area (Å²) in [5.41, 5.74) is 1.47. The average Bonchev–Trinajstić information content (AvgIpc) is 3.43. The minimum atomic E-state index is -3.66. The molecule has 1 aliphatic heterocycles. The summed E-state index contributed by atoms with van der Waals surface area (Å²) in [5, 5.41) is 2.96. The Bertz CT molecular complexity index is 1630. The van der Waals surface area contributed by atoms with Gasteiger partial charge in [-0.25, -0.2) is 13.4 Å². The predicted octanol–water partition coefficient (Wildman–Crippen LogP) is 4.30. The number of carbonyl (C=O) groups is 3. The van der Waals surface area contributed by atoms with Crippen molar-refractivity contribution in [2.24, 2.45) is 0 Å². The van der Waals surface area contributed by atoms with E-state index in [0.717, 1.165) is 16.2 Å². The Morgan fingerprint density at radius 2 is 1.55 bits per heavy atom. The van der Waals surface area contributed by atoms with Crippen molar-refractivity contribution in [3.63, 3.8) is 0 Å². The van der Waals surface area contributed by atoms with Gasteiger partial charge in [0.2, 0.25) is 10.0 Å². The monoisotopic (exact) mass is 548 g/mol. The lowest BCUT2D eigenvalue weighted by Gasteiger charge is -2.25. The lowest BCUT2D eigenvalue weighted by Crippen LogP contribution is -2.40. The topological polar surface area (TPSA) is 117 Å². The molecule has 1 atom stereocenters. The van der Waals surface area contributed by atoms with Crippen LogP contribution in [0.25, 0.3) is 10.2 Å². The number of nitrogens with one attached hydrogen (secondary N) is 1. The lowest BCUT2D eigenvalue weighted by molar-refractivity contribution is -0.120. The number of nitrogens with zero attached hydrogens (tertiary/aromatic N) is 3. The third-order valence-electron chi connectivity index (χ3n) is 6.38. The smallest absolute Gasteiger partial charge is 0.262 e. The largest absolute Gasteiger partial charge is 0.300 e. The van der Waals surface area contributed by atoms with Crippen LogP contribution in [-0.4, -0.2) is 53.4 Å². The van der Waals surface area contributed by atoms with E-state index < -0.39 is 33.8 Å². The molecule has 0 radical (unpaired) electrons. The molecule has 0 spiro atoms. The molecule has 0 fully saturated rings. The third kappa shape index (κ3) is 4.38. The van der Waals surface area contributed by atoms with Crippen LogP contribution in [0.1, 0.15) is 46.2 Å². The Hall–Kier alpha value is -3.93. The van der Waals surface area contributed by atoms with Crippen LogP contribution in [0.5, 0.6) is 0 Å². The fraction of sp³-hybridized carbons (Fsp3) is 0.185. The number of aromatic nitrogens is 1. The van der Waals surface area contributed by atoms with Crippen LogP contribution in [0.15, 0.2) is 77.7 Å². The van der Waals surface area contributed by atoms with Gasteiger partial charge >= 0.3 is 0 Å². The van der Waals surface area contributed by atoms with Crippen molar-refractivity contribution < 1.29 is 22.8 Å². The number of anilines is 1. The molecule has 194 valence electrons. The molecular weight excluding hydrogens is 524 g/mol. The molecule has 2 heterocycles. The van der Waals surface area contributed by atoms with Gasteiger partial charge < -0.3 is 0 Å². The van der Waals surface area contributed by atoms with Crippen molar-refractivity contribution in [3.05, 3.63) is 89.5 Å². The van der Waals surface area contributed by atoms with Crippen molar-refractivity contribution in [2.75, 3.05) is 18.4 Å². The summed E-state index contributed by atoms with van der Waals surface area (Å²) in [6, 6.07) is 18.4. The standard InChI is InChI=1S/C27H24N4O5S2/c1-3-30(4-2)38(35,36)18-14-15-21-22(16-18)37-27(28-21)29-24(32)23(17-10-6-5-7-11-17)31-25(33)19-12-8-9-13-20(19)26(31)34/h5-16,23H,3-4H2,1-2H3,(H,28,29,32). The molecule has 1 aromatic heterocycles. The second kappa shape index (κ2) is 10.1. The molecule has 0 saturated carbocycles. The summed E-state index contributed by atoms with van der Waals surface area (Å²) in [5.74, 6) is -1.71. The van der Waals surface area contributed by atoms with Gasteiger partial charge in [-0.1, -0.05) is 67.6 Å². The summed E-state index contributed by atoms with van der Waals surface area (Å²) < 4.78 is 27.8. The number of hydrogen-bond donors (Lipinski definition) is 1. The summed E-state index contributed by atoms with van der Waals surface area (Å²) >= 11 is 1.11. The normalized spacial score (nSPS) is 14.2. The SMILES string of the molecule is CCN(CC)S(=O)(=O)c1ccc2nc(NC(=O)C(c3ccccc3)N3C(=O)c4ccccc4C3=O)sc2c1. The molecule has 9 nitrogen and oxygen atoms in total. The minimum absolute atomic E-state index is 0.142. The number of thiazole rings is 1. The van der Waals surface area contributed by atoms with E-state index in [1.54, 1.807) is 74.5 Å². The van der Waals surface area contributed by atoms with E-state index in [1.165, 1.54) is 16.4 Å². The second-order valence-corrected chi connectivity index (χ2v) is 11.5. The first-order chi connectivity index (χ1) is 18.3. The Balaban J connectivity index is 1.48. The highest BCUT2D eigenvalue weighted by molar-refractivity contribution is 7.89. The molecule has 5 rings (SSSR count). The number of benzene rings is 3. The Kier molecular flexibility index (Phi) is 6.82. The van der Waals surface area contributed by atoms with Gasteiger partial charge in [-0.3, -0.25) is 24.6 Å². The predicted molar refractivity (Wildman–Crippen MR) is 144 cm³/mol. The third-order valence-corrected chi connectivity index (χ3v) is 9.36. The number of hydrogen-bond acceptors (Lipinski definition) is 7. The molecule has 0 bridgehead atoms. The summed E-state index contributed by atoms with van der Waals surface area (Å²) in [6.45, 7) is 4.24. The van der Waals surface area contributed by atoms with E-state index in [-0.39, 0.29) is 21.2 Å². The second-order valence-electron chi connectivity index (χ2n) is 8.57. The van der Waals surface area contributed by atoms with E-state index >= 15 is 0 Å². The molecule has 1 aliphatic rings. The summed E-state index contributed by atoms with van der Waals surface area (Å²) in [6.07, 6.45) is 0. The fourth-order valence-electron chi connectivity index (χ4n) is 4.50. The first-order valence-electron chi connectivity index (χ1n) is 12.0. The van der Waals surface area contributed by atoms with Crippen LogP contribution in [0.2, 0.25) is 0 Å². The molecule has 4 aromatic rings. The van der Waals surface area contributed by atoms with Gasteiger partial charge in [-0.15, -0.1) is 0 Å². The van der Waals surface area contributed by atoms with Crippen LogP contribution in [0.4, 0.5) is 5.13 Å². The van der Waals surface area contributed by atoms with Gasteiger partial charge in [0.05, 0.1) is 26.2 Å². The molecule has 1 unspecified atom stereocenters. The molecular formula is C27H24N4O5S2. The van der Waals surface area contributed by atoms with Crippen LogP contribution in [0, 0.1) is 0 Å². The quantitative estimate of drug-likeness (QED) is 0.328. The van der Waals surface area contributed by atoms with Crippen LogP contribution in [-0.2, 0) is 14.8 Å². The molecule has 0 saturated heterocycles. The van der Waals surface area contributed by atoms with Gasteiger partial charge in [0.15, 0.2) is 5.13 Å². The highest BCUT2D eigenvalue weighted by Crippen LogP contribution is 2.34. The van der Waals surface area contributed by atoms with Crippen molar-refractivity contribution in [3.8, 4) is 0 Å². The molecule has 0 aliphatic carbocycles. The average molecular weight is 549 g/mol. The molecule has 11 heteroatoms. The van der Waals surface area contributed by atoms with Crippen LogP contribution in [0.3, 0.4) is 0 Å². The molecule has 38 heavy (non-hydrogen) atoms. The number of carbonyl (C=O) groups excluding carboxylic acids is 3. The first kappa shape index (κ1) is 25.7. The fourth-order valence-corrected chi connectivity index (χ4v) is 6.97. The van der Waals surface area contributed by atoms with Gasteiger partial charge in [-0.2, -0.15) is 4.31 Å². The van der Waals surface area contributed by atoms with Crippen molar-refractivity contribution in [1.29, 1.82) is 0 Å². The molecule has 3 amide bonds. The van der Waals surface area contributed by atoms with E-state index in [2.05, 4.69) is 10.3 Å². The maximum atomic E-state index is 13.6. The Morgan fingerprint density at radius 3 is 2.16 bits per heavy atom. The highest BCUT2D eigenvalue weighted by Gasteiger charge is 2.43. The maximum absolute atomic E-state index is 13.6. The van der Waals surface area contributed by atoms with Crippen LogP contribution < -0.4 is 5.32 Å². The van der Waals surface area contributed by atoms with Crippen molar-refractivity contribution in [1.82, 2.24) is 14.2 Å². The first-order valence-corrected chi connectivity index (χ1v) is 14.2. The summed E-state index contributed by atoms with van der Waals surface area (Å²) in [4.78, 5) is 45.6. The maximum Gasteiger partial charge on any atom is 0.262 e.